The zero-order chi connectivity index (χ0) is 24.1. The van der Waals surface area contributed by atoms with Crippen LogP contribution in [-0.4, -0.2) is 34.6 Å². The third-order valence-corrected chi connectivity index (χ3v) is 5.49. The summed E-state index contributed by atoms with van der Waals surface area (Å²) in [5, 5.41) is 41.7. The van der Waals surface area contributed by atoms with Gasteiger partial charge in [-0.2, -0.15) is 0 Å². The predicted octanol–water partition coefficient (Wildman–Crippen LogP) is 4.71. The normalized spacial score (nSPS) is 11.2. The highest BCUT2D eigenvalue weighted by atomic mass is 16.5. The van der Waals surface area contributed by atoms with Gasteiger partial charge in [0.1, 0.15) is 16.9 Å². The summed E-state index contributed by atoms with van der Waals surface area (Å²) in [5.41, 5.74) is 0.669. The van der Waals surface area contributed by atoms with Crippen molar-refractivity contribution in [1.82, 2.24) is 0 Å². The molecule has 5 aromatic rings. The van der Waals surface area contributed by atoms with Gasteiger partial charge in [-0.3, -0.25) is 4.79 Å². The molecule has 4 N–H and O–H groups in total. The van der Waals surface area contributed by atoms with E-state index in [0.29, 0.717) is 21.9 Å². The van der Waals surface area contributed by atoms with Crippen LogP contribution in [0.5, 0.6) is 34.5 Å². The maximum Gasteiger partial charge on any atom is 0.200 e. The molecule has 0 amide bonds. The molecule has 9 heteroatoms. The van der Waals surface area contributed by atoms with Crippen molar-refractivity contribution in [2.24, 2.45) is 0 Å². The second-order valence-electron chi connectivity index (χ2n) is 7.53. The molecule has 0 saturated heterocycles. The van der Waals surface area contributed by atoms with E-state index in [2.05, 4.69) is 0 Å². The zero-order valence-electron chi connectivity index (χ0n) is 17.9. The van der Waals surface area contributed by atoms with Gasteiger partial charge in [0.05, 0.1) is 19.6 Å². The van der Waals surface area contributed by atoms with Crippen molar-refractivity contribution in [2.75, 3.05) is 14.2 Å². The third-order valence-electron chi connectivity index (χ3n) is 5.49. The van der Waals surface area contributed by atoms with E-state index in [1.807, 2.05) is 0 Å². The van der Waals surface area contributed by atoms with Gasteiger partial charge in [0.2, 0.25) is 5.75 Å². The Morgan fingerprint density at radius 2 is 1.35 bits per heavy atom. The SMILES string of the molecule is COc1cc(-c2oc3cc(=O)cc4oc(-c5ccc(O)c(O)c5)cc(c2O)c43)cc(OC)c1O. The van der Waals surface area contributed by atoms with Crippen LogP contribution in [0.1, 0.15) is 0 Å². The van der Waals surface area contributed by atoms with Gasteiger partial charge in [-0.25, -0.2) is 0 Å². The van der Waals surface area contributed by atoms with Gasteiger partial charge in [0, 0.05) is 28.6 Å². The van der Waals surface area contributed by atoms with E-state index in [1.165, 1.54) is 62.8 Å². The molecule has 0 aliphatic heterocycles. The Bertz CT molecular complexity index is 1620. The maximum absolute atomic E-state index is 12.4. The number of rotatable bonds is 4. The van der Waals surface area contributed by atoms with E-state index >= 15 is 0 Å². The highest BCUT2D eigenvalue weighted by Crippen LogP contribution is 2.46. The number of hydrogen-bond donors (Lipinski definition) is 4. The van der Waals surface area contributed by atoms with Crippen molar-refractivity contribution < 1.29 is 38.7 Å². The molecule has 0 aliphatic carbocycles. The number of methoxy groups -OCH3 is 2. The summed E-state index contributed by atoms with van der Waals surface area (Å²) in [6, 6.07) is 11.1. The van der Waals surface area contributed by atoms with E-state index in [1.54, 1.807) is 0 Å². The Kier molecular flexibility index (Phi) is 4.75. The molecule has 0 fully saturated rings. The van der Waals surface area contributed by atoms with Crippen LogP contribution >= 0.6 is 0 Å². The molecule has 9 nitrogen and oxygen atoms in total. The Hall–Kier alpha value is -4.79. The minimum absolute atomic E-state index is 0.00158. The lowest BCUT2D eigenvalue weighted by Crippen LogP contribution is -1.98. The minimum Gasteiger partial charge on any atom is -0.504 e. The number of phenols is 3. The summed E-state index contributed by atoms with van der Waals surface area (Å²) in [6.45, 7) is 0. The van der Waals surface area contributed by atoms with Crippen LogP contribution < -0.4 is 14.9 Å². The van der Waals surface area contributed by atoms with Crippen LogP contribution in [0.2, 0.25) is 0 Å². The van der Waals surface area contributed by atoms with Crippen LogP contribution in [0.4, 0.5) is 0 Å². The van der Waals surface area contributed by atoms with Crippen LogP contribution in [-0.2, 0) is 0 Å². The number of benzene rings is 3. The highest BCUT2D eigenvalue weighted by molar-refractivity contribution is 6.10. The van der Waals surface area contributed by atoms with Gasteiger partial charge >= 0.3 is 0 Å². The lowest BCUT2D eigenvalue weighted by molar-refractivity contribution is 0.340. The first-order valence-electron chi connectivity index (χ1n) is 10.0. The summed E-state index contributed by atoms with van der Waals surface area (Å²) in [4.78, 5) is 12.4. The van der Waals surface area contributed by atoms with Gasteiger partial charge in [-0.1, -0.05) is 0 Å². The molecule has 172 valence electrons. The number of phenolic OH excluding ortho intramolecular Hbond substituents is 3. The molecule has 0 unspecified atom stereocenters. The smallest absolute Gasteiger partial charge is 0.200 e. The molecule has 0 aliphatic rings. The van der Waals surface area contributed by atoms with Crippen molar-refractivity contribution in [3.8, 4) is 57.1 Å². The lowest BCUT2D eigenvalue weighted by atomic mass is 10.0. The standard InChI is InChI=1S/C25H18O9/c1-31-20-6-12(7-21(32-2)24(20)30)25-23(29)14-10-17(11-3-4-15(27)16(28)5-11)33-18-8-13(26)9-19(34-25)22(14)18/h3-10,27-30H,1-2H3. The maximum atomic E-state index is 12.4. The van der Waals surface area contributed by atoms with Crippen LogP contribution in [0.3, 0.4) is 0 Å². The van der Waals surface area contributed by atoms with E-state index in [0.717, 1.165) is 0 Å². The molecule has 2 heterocycles. The van der Waals surface area contributed by atoms with Gasteiger partial charge in [0.15, 0.2) is 39.9 Å². The number of ether oxygens (including phenoxy) is 2. The summed E-state index contributed by atoms with van der Waals surface area (Å²) < 4.78 is 22.2. The molecule has 0 spiro atoms. The number of aromatic hydroxyl groups is 4. The summed E-state index contributed by atoms with van der Waals surface area (Å²) >= 11 is 0. The molecular weight excluding hydrogens is 444 g/mol. The van der Waals surface area contributed by atoms with Crippen molar-refractivity contribution in [3.05, 3.63) is 58.8 Å². The third kappa shape index (κ3) is 3.22. The molecule has 0 radical (unpaired) electrons. The first kappa shape index (κ1) is 21.1. The fourth-order valence-electron chi connectivity index (χ4n) is 3.85. The van der Waals surface area contributed by atoms with E-state index in [9.17, 15) is 25.2 Å². The van der Waals surface area contributed by atoms with E-state index in [-0.39, 0.29) is 62.6 Å². The first-order valence-corrected chi connectivity index (χ1v) is 10.0. The van der Waals surface area contributed by atoms with E-state index in [4.69, 9.17) is 18.3 Å². The van der Waals surface area contributed by atoms with Crippen LogP contribution in [0.25, 0.3) is 44.6 Å². The molecule has 34 heavy (non-hydrogen) atoms. The molecule has 2 aromatic heterocycles. The fourth-order valence-corrected chi connectivity index (χ4v) is 3.85. The summed E-state index contributed by atoms with van der Waals surface area (Å²) in [6.07, 6.45) is 0. The quantitative estimate of drug-likeness (QED) is 0.279. The van der Waals surface area contributed by atoms with Crippen molar-refractivity contribution in [2.45, 2.75) is 0 Å². The van der Waals surface area contributed by atoms with Gasteiger partial charge in [-0.05, 0) is 36.4 Å². The molecule has 5 rings (SSSR count). The Balaban J connectivity index is 1.85. The highest BCUT2D eigenvalue weighted by Gasteiger charge is 2.22. The first-order chi connectivity index (χ1) is 16.3. The van der Waals surface area contributed by atoms with Gasteiger partial charge in [0.25, 0.3) is 0 Å². The molecule has 3 aromatic carbocycles. The second-order valence-corrected chi connectivity index (χ2v) is 7.53. The predicted molar refractivity (Wildman–Crippen MR) is 123 cm³/mol. The second kappa shape index (κ2) is 7.66. The number of hydrogen-bond acceptors (Lipinski definition) is 9. The van der Waals surface area contributed by atoms with Crippen molar-refractivity contribution >= 4 is 21.9 Å². The molecular formula is C25H18O9. The Labute approximate surface area is 191 Å². The Morgan fingerprint density at radius 1 is 0.706 bits per heavy atom. The van der Waals surface area contributed by atoms with E-state index < -0.39 is 0 Å². The summed E-state index contributed by atoms with van der Waals surface area (Å²) in [5.74, 6) is -0.724. The van der Waals surface area contributed by atoms with Crippen molar-refractivity contribution in [1.29, 1.82) is 0 Å². The monoisotopic (exact) mass is 462 g/mol. The zero-order valence-corrected chi connectivity index (χ0v) is 17.9. The molecule has 0 saturated carbocycles. The topological polar surface area (TPSA) is 143 Å². The molecule has 0 bridgehead atoms. The van der Waals surface area contributed by atoms with Crippen molar-refractivity contribution in [3.63, 3.8) is 0 Å². The van der Waals surface area contributed by atoms with Crippen LogP contribution in [0.15, 0.2) is 62.2 Å². The minimum atomic E-state index is -0.385. The average molecular weight is 462 g/mol. The average Bonchev–Trinajstić information content (AvgIpc) is 2.82. The largest absolute Gasteiger partial charge is 0.504 e. The van der Waals surface area contributed by atoms with Gasteiger partial charge < -0.3 is 38.7 Å². The Morgan fingerprint density at radius 3 is 1.97 bits per heavy atom. The van der Waals surface area contributed by atoms with Crippen LogP contribution in [0, 0.1) is 0 Å². The van der Waals surface area contributed by atoms with Gasteiger partial charge in [-0.15, -0.1) is 0 Å². The summed E-state index contributed by atoms with van der Waals surface area (Å²) in [7, 11) is 2.74. The molecule has 0 atom stereocenters. The lowest BCUT2D eigenvalue weighted by Gasteiger charge is -2.15. The fraction of sp³-hybridized carbons (Fsp3) is 0.0800.